The van der Waals surface area contributed by atoms with Gasteiger partial charge in [-0.05, 0) is 41.7 Å². The molecule has 0 aliphatic heterocycles. The maximum absolute atomic E-state index is 13.4. The van der Waals surface area contributed by atoms with Crippen LogP contribution in [0.15, 0.2) is 84.9 Å². The SMILES string of the molecule is CCc1ccc(CN(C(=O)/C=C/c2ccc(C)cc2)[C@@H](Cc2ccccc2)C(=O)OC)cc1. The van der Waals surface area contributed by atoms with Crippen molar-refractivity contribution < 1.29 is 14.3 Å². The molecule has 4 heteroatoms. The Hall–Kier alpha value is -3.66. The Balaban J connectivity index is 1.92. The summed E-state index contributed by atoms with van der Waals surface area (Å²) in [5.41, 5.74) is 5.24. The molecule has 0 unspecified atom stereocenters. The van der Waals surface area contributed by atoms with Gasteiger partial charge in [0.15, 0.2) is 0 Å². The van der Waals surface area contributed by atoms with Gasteiger partial charge >= 0.3 is 5.97 Å². The molecule has 0 bridgehead atoms. The van der Waals surface area contributed by atoms with Crippen LogP contribution in [0.5, 0.6) is 0 Å². The van der Waals surface area contributed by atoms with Crippen LogP contribution in [0.3, 0.4) is 0 Å². The fourth-order valence-corrected chi connectivity index (χ4v) is 3.65. The van der Waals surface area contributed by atoms with Crippen molar-refractivity contribution in [1.82, 2.24) is 4.90 Å². The number of ether oxygens (including phenoxy) is 1. The molecule has 0 fully saturated rings. The molecular weight excluding hydrogens is 410 g/mol. The third kappa shape index (κ3) is 6.91. The molecule has 0 aliphatic rings. The van der Waals surface area contributed by atoms with Crippen LogP contribution < -0.4 is 0 Å². The van der Waals surface area contributed by atoms with E-state index in [0.717, 1.165) is 28.7 Å². The highest BCUT2D eigenvalue weighted by Gasteiger charge is 2.30. The number of carbonyl (C=O) groups is 2. The Labute approximate surface area is 196 Å². The van der Waals surface area contributed by atoms with Gasteiger partial charge in [-0.15, -0.1) is 0 Å². The lowest BCUT2D eigenvalue weighted by Gasteiger charge is -2.29. The van der Waals surface area contributed by atoms with Gasteiger partial charge in [-0.1, -0.05) is 91.3 Å². The van der Waals surface area contributed by atoms with Gasteiger partial charge in [-0.25, -0.2) is 4.79 Å². The van der Waals surface area contributed by atoms with Crippen LogP contribution in [-0.2, 0) is 33.7 Å². The van der Waals surface area contributed by atoms with Crippen LogP contribution in [0.4, 0.5) is 0 Å². The van der Waals surface area contributed by atoms with Crippen molar-refractivity contribution in [1.29, 1.82) is 0 Å². The molecule has 0 heterocycles. The maximum Gasteiger partial charge on any atom is 0.328 e. The standard InChI is InChI=1S/C29H31NO3/c1-4-23-14-16-26(17-15-23)21-30(28(31)19-18-24-12-10-22(2)11-13-24)27(29(32)33-3)20-25-8-6-5-7-9-25/h5-19,27H,4,20-21H2,1-3H3/b19-18+/t27-/m0/s1. The number of nitrogens with zero attached hydrogens (tertiary/aromatic N) is 1. The molecule has 0 N–H and O–H groups in total. The van der Waals surface area contributed by atoms with E-state index in [1.54, 1.807) is 11.0 Å². The highest BCUT2D eigenvalue weighted by molar-refractivity contribution is 5.94. The van der Waals surface area contributed by atoms with Gasteiger partial charge in [0, 0.05) is 19.0 Å². The number of methoxy groups -OCH3 is 1. The van der Waals surface area contributed by atoms with Crippen LogP contribution >= 0.6 is 0 Å². The van der Waals surface area contributed by atoms with Crippen molar-refractivity contribution in [2.75, 3.05) is 7.11 Å². The van der Waals surface area contributed by atoms with Gasteiger partial charge in [0.25, 0.3) is 0 Å². The summed E-state index contributed by atoms with van der Waals surface area (Å²) in [6.45, 7) is 4.44. The summed E-state index contributed by atoms with van der Waals surface area (Å²) >= 11 is 0. The predicted octanol–water partition coefficient (Wildman–Crippen LogP) is 5.38. The van der Waals surface area contributed by atoms with Gasteiger partial charge in [0.05, 0.1) is 7.11 Å². The predicted molar refractivity (Wildman–Crippen MR) is 133 cm³/mol. The number of aryl methyl sites for hydroxylation is 2. The number of esters is 1. The molecule has 3 aromatic carbocycles. The molecule has 3 aromatic rings. The number of amides is 1. The second-order valence-corrected chi connectivity index (χ2v) is 8.11. The largest absolute Gasteiger partial charge is 0.467 e. The molecule has 0 spiro atoms. The van der Waals surface area contributed by atoms with Crippen molar-refractivity contribution in [2.24, 2.45) is 0 Å². The average molecular weight is 442 g/mol. The lowest BCUT2D eigenvalue weighted by atomic mass is 10.0. The minimum Gasteiger partial charge on any atom is -0.467 e. The molecule has 0 saturated heterocycles. The fourth-order valence-electron chi connectivity index (χ4n) is 3.65. The average Bonchev–Trinajstić information content (AvgIpc) is 2.86. The number of carbonyl (C=O) groups excluding carboxylic acids is 2. The van der Waals surface area contributed by atoms with Crippen molar-refractivity contribution in [2.45, 2.75) is 39.3 Å². The van der Waals surface area contributed by atoms with Crippen LogP contribution in [-0.4, -0.2) is 29.9 Å². The highest BCUT2D eigenvalue weighted by Crippen LogP contribution is 2.17. The first-order valence-electron chi connectivity index (χ1n) is 11.2. The third-order valence-corrected chi connectivity index (χ3v) is 5.68. The summed E-state index contributed by atoms with van der Waals surface area (Å²) in [5.74, 6) is -0.664. The fraction of sp³-hybridized carbons (Fsp3) is 0.241. The first-order chi connectivity index (χ1) is 16.0. The monoisotopic (exact) mass is 441 g/mol. The normalized spacial score (nSPS) is 11.8. The van der Waals surface area contributed by atoms with E-state index in [1.165, 1.54) is 18.7 Å². The third-order valence-electron chi connectivity index (χ3n) is 5.68. The molecule has 0 aromatic heterocycles. The second-order valence-electron chi connectivity index (χ2n) is 8.11. The minimum atomic E-state index is -0.738. The van der Waals surface area contributed by atoms with Crippen LogP contribution in [0.2, 0.25) is 0 Å². The van der Waals surface area contributed by atoms with Crippen LogP contribution in [0.25, 0.3) is 6.08 Å². The molecule has 1 amide bonds. The van der Waals surface area contributed by atoms with Crippen molar-refractivity contribution in [3.05, 3.63) is 113 Å². The van der Waals surface area contributed by atoms with Gasteiger partial charge in [-0.2, -0.15) is 0 Å². The van der Waals surface area contributed by atoms with Crippen molar-refractivity contribution in [3.8, 4) is 0 Å². The zero-order valence-electron chi connectivity index (χ0n) is 19.5. The van der Waals surface area contributed by atoms with E-state index in [-0.39, 0.29) is 5.91 Å². The highest BCUT2D eigenvalue weighted by atomic mass is 16.5. The van der Waals surface area contributed by atoms with Gasteiger partial charge in [0.1, 0.15) is 6.04 Å². The molecule has 33 heavy (non-hydrogen) atoms. The summed E-state index contributed by atoms with van der Waals surface area (Å²) in [6.07, 6.45) is 4.64. The molecule has 170 valence electrons. The lowest BCUT2D eigenvalue weighted by Crippen LogP contribution is -2.46. The Kier molecular flexibility index (Phi) is 8.59. The Morgan fingerprint density at radius 1 is 0.879 bits per heavy atom. The summed E-state index contributed by atoms with van der Waals surface area (Å²) in [4.78, 5) is 27.8. The summed E-state index contributed by atoms with van der Waals surface area (Å²) in [6, 6.07) is 25.0. The summed E-state index contributed by atoms with van der Waals surface area (Å²) in [7, 11) is 1.36. The molecule has 0 aliphatic carbocycles. The number of rotatable bonds is 9. The van der Waals surface area contributed by atoms with E-state index in [4.69, 9.17) is 4.74 Å². The van der Waals surface area contributed by atoms with Gasteiger partial charge < -0.3 is 9.64 Å². The van der Waals surface area contributed by atoms with Crippen molar-refractivity contribution in [3.63, 3.8) is 0 Å². The molecule has 3 rings (SSSR count). The van der Waals surface area contributed by atoms with Crippen LogP contribution in [0, 0.1) is 6.92 Å². The zero-order chi connectivity index (χ0) is 23.6. The Morgan fingerprint density at radius 2 is 1.52 bits per heavy atom. The number of hydrogen-bond donors (Lipinski definition) is 0. The van der Waals surface area contributed by atoms with E-state index in [9.17, 15) is 9.59 Å². The Morgan fingerprint density at radius 3 is 2.12 bits per heavy atom. The minimum absolute atomic E-state index is 0.235. The quantitative estimate of drug-likeness (QED) is 0.331. The second kappa shape index (κ2) is 11.8. The van der Waals surface area contributed by atoms with E-state index < -0.39 is 12.0 Å². The van der Waals surface area contributed by atoms with E-state index in [1.807, 2.05) is 73.7 Å². The number of benzene rings is 3. The van der Waals surface area contributed by atoms with E-state index in [0.29, 0.717) is 13.0 Å². The molecule has 1 atom stereocenters. The first kappa shape index (κ1) is 24.0. The molecule has 4 nitrogen and oxygen atoms in total. The number of hydrogen-bond acceptors (Lipinski definition) is 3. The van der Waals surface area contributed by atoms with Crippen molar-refractivity contribution >= 4 is 18.0 Å². The van der Waals surface area contributed by atoms with E-state index >= 15 is 0 Å². The topological polar surface area (TPSA) is 46.6 Å². The Bertz CT molecular complexity index is 1070. The maximum atomic E-state index is 13.4. The van der Waals surface area contributed by atoms with Gasteiger partial charge in [0.2, 0.25) is 5.91 Å². The summed E-state index contributed by atoms with van der Waals surface area (Å²) in [5, 5.41) is 0. The van der Waals surface area contributed by atoms with E-state index in [2.05, 4.69) is 19.1 Å². The van der Waals surface area contributed by atoms with Gasteiger partial charge in [-0.3, -0.25) is 4.79 Å². The molecular formula is C29H31NO3. The molecule has 0 saturated carbocycles. The summed E-state index contributed by atoms with van der Waals surface area (Å²) < 4.78 is 5.11. The smallest absolute Gasteiger partial charge is 0.328 e. The lowest BCUT2D eigenvalue weighted by molar-refractivity contribution is -0.151. The first-order valence-corrected chi connectivity index (χ1v) is 11.2. The molecule has 0 radical (unpaired) electrons. The van der Waals surface area contributed by atoms with Crippen LogP contribution in [0.1, 0.15) is 34.7 Å². The zero-order valence-corrected chi connectivity index (χ0v) is 19.5.